The molecule has 1 aliphatic heterocycles. The first kappa shape index (κ1) is 9.55. The van der Waals surface area contributed by atoms with Gasteiger partial charge in [-0.1, -0.05) is 0 Å². The molecule has 1 aromatic heterocycles. The summed E-state index contributed by atoms with van der Waals surface area (Å²) >= 11 is 0. The number of aliphatic hydroxyl groups excluding tert-OH is 1. The Labute approximate surface area is 81.5 Å². The van der Waals surface area contributed by atoms with Crippen LogP contribution in [0.15, 0.2) is 18.5 Å². The van der Waals surface area contributed by atoms with Crippen LogP contribution in [-0.2, 0) is 4.74 Å². The van der Waals surface area contributed by atoms with E-state index in [-0.39, 0.29) is 5.92 Å². The van der Waals surface area contributed by atoms with Crippen LogP contribution in [0.5, 0.6) is 0 Å². The second kappa shape index (κ2) is 4.02. The van der Waals surface area contributed by atoms with Gasteiger partial charge in [-0.25, -0.2) is 4.39 Å². The van der Waals surface area contributed by atoms with Crippen molar-refractivity contribution in [3.63, 3.8) is 0 Å². The molecule has 0 spiro atoms. The lowest BCUT2D eigenvalue weighted by atomic mass is 9.96. The first-order chi connectivity index (χ1) is 6.77. The summed E-state index contributed by atoms with van der Waals surface area (Å²) < 4.78 is 18.0. The number of pyridine rings is 1. The molecule has 1 fully saturated rings. The highest BCUT2D eigenvalue weighted by molar-refractivity contribution is 5.14. The van der Waals surface area contributed by atoms with Gasteiger partial charge in [0.1, 0.15) is 5.82 Å². The average Bonchev–Trinajstić information content (AvgIpc) is 2.69. The van der Waals surface area contributed by atoms with E-state index in [1.165, 1.54) is 12.3 Å². The molecular weight excluding hydrogens is 185 g/mol. The SMILES string of the molecule is OC(c1cncc(F)c1)C1CCOC1. The van der Waals surface area contributed by atoms with Gasteiger partial charge in [-0.15, -0.1) is 0 Å². The topological polar surface area (TPSA) is 42.4 Å². The molecule has 1 aromatic rings. The second-order valence-electron chi connectivity index (χ2n) is 3.50. The molecule has 3 nitrogen and oxygen atoms in total. The van der Waals surface area contributed by atoms with E-state index in [1.807, 2.05) is 0 Å². The minimum Gasteiger partial charge on any atom is -0.388 e. The summed E-state index contributed by atoms with van der Waals surface area (Å²) in [6, 6.07) is 1.32. The Bertz CT molecular complexity index is 313. The van der Waals surface area contributed by atoms with Crippen LogP contribution in [0.3, 0.4) is 0 Å². The van der Waals surface area contributed by atoms with Gasteiger partial charge < -0.3 is 9.84 Å². The van der Waals surface area contributed by atoms with Crippen molar-refractivity contribution in [1.82, 2.24) is 4.98 Å². The van der Waals surface area contributed by atoms with E-state index in [9.17, 15) is 9.50 Å². The maximum absolute atomic E-state index is 12.8. The van der Waals surface area contributed by atoms with E-state index in [1.54, 1.807) is 0 Å². The molecule has 14 heavy (non-hydrogen) atoms. The lowest BCUT2D eigenvalue weighted by Crippen LogP contribution is -2.12. The first-order valence-corrected chi connectivity index (χ1v) is 4.63. The van der Waals surface area contributed by atoms with Gasteiger partial charge in [0.2, 0.25) is 0 Å². The highest BCUT2D eigenvalue weighted by Gasteiger charge is 2.25. The Morgan fingerprint density at radius 1 is 1.57 bits per heavy atom. The smallest absolute Gasteiger partial charge is 0.141 e. The zero-order valence-corrected chi connectivity index (χ0v) is 7.69. The quantitative estimate of drug-likeness (QED) is 0.776. The van der Waals surface area contributed by atoms with Crippen molar-refractivity contribution in [2.24, 2.45) is 5.92 Å². The normalized spacial score (nSPS) is 23.7. The zero-order valence-electron chi connectivity index (χ0n) is 7.69. The average molecular weight is 197 g/mol. The number of aromatic nitrogens is 1. The number of halogens is 1. The van der Waals surface area contributed by atoms with Crippen LogP contribution < -0.4 is 0 Å². The molecule has 1 aliphatic rings. The van der Waals surface area contributed by atoms with Crippen LogP contribution in [0.2, 0.25) is 0 Å². The monoisotopic (exact) mass is 197 g/mol. The van der Waals surface area contributed by atoms with Crippen LogP contribution in [0.4, 0.5) is 4.39 Å². The predicted octanol–water partition coefficient (Wildman–Crippen LogP) is 1.29. The summed E-state index contributed by atoms with van der Waals surface area (Å²) in [5.41, 5.74) is 0.528. The van der Waals surface area contributed by atoms with Crippen molar-refractivity contribution < 1.29 is 14.2 Å². The van der Waals surface area contributed by atoms with E-state index in [4.69, 9.17) is 4.74 Å². The van der Waals surface area contributed by atoms with Crippen molar-refractivity contribution in [2.45, 2.75) is 12.5 Å². The Kier molecular flexibility index (Phi) is 2.74. The van der Waals surface area contributed by atoms with E-state index in [0.29, 0.717) is 18.8 Å². The van der Waals surface area contributed by atoms with Crippen molar-refractivity contribution in [3.05, 3.63) is 29.8 Å². The molecule has 0 amide bonds. The molecule has 76 valence electrons. The van der Waals surface area contributed by atoms with Gasteiger partial charge in [-0.2, -0.15) is 0 Å². The minimum absolute atomic E-state index is 0.0681. The van der Waals surface area contributed by atoms with Crippen molar-refractivity contribution in [1.29, 1.82) is 0 Å². The Morgan fingerprint density at radius 3 is 3.07 bits per heavy atom. The van der Waals surface area contributed by atoms with Crippen molar-refractivity contribution in [2.75, 3.05) is 13.2 Å². The zero-order chi connectivity index (χ0) is 9.97. The number of hydrogen-bond donors (Lipinski definition) is 1. The highest BCUT2D eigenvalue weighted by atomic mass is 19.1. The molecule has 0 aliphatic carbocycles. The lowest BCUT2D eigenvalue weighted by Gasteiger charge is -2.15. The molecular formula is C10H12FNO2. The molecule has 0 saturated carbocycles. The fourth-order valence-corrected chi connectivity index (χ4v) is 1.66. The van der Waals surface area contributed by atoms with Crippen molar-refractivity contribution in [3.8, 4) is 0 Å². The van der Waals surface area contributed by atoms with Gasteiger partial charge in [0, 0.05) is 24.3 Å². The van der Waals surface area contributed by atoms with Gasteiger partial charge >= 0.3 is 0 Å². The largest absolute Gasteiger partial charge is 0.388 e. The van der Waals surface area contributed by atoms with Gasteiger partial charge in [-0.3, -0.25) is 4.98 Å². The summed E-state index contributed by atoms with van der Waals surface area (Å²) in [7, 11) is 0. The standard InChI is InChI=1S/C10H12FNO2/c11-9-3-8(4-12-5-9)10(13)7-1-2-14-6-7/h3-5,7,10,13H,1-2,6H2. The first-order valence-electron chi connectivity index (χ1n) is 4.63. The van der Waals surface area contributed by atoms with Gasteiger partial charge in [0.25, 0.3) is 0 Å². The molecule has 1 saturated heterocycles. The Hall–Kier alpha value is -1.00. The molecule has 0 radical (unpaired) electrons. The number of nitrogens with zero attached hydrogens (tertiary/aromatic N) is 1. The van der Waals surface area contributed by atoms with E-state index in [2.05, 4.69) is 4.98 Å². The van der Waals surface area contributed by atoms with E-state index >= 15 is 0 Å². The van der Waals surface area contributed by atoms with Gasteiger partial charge in [0.05, 0.1) is 18.9 Å². The summed E-state index contributed by atoms with van der Waals surface area (Å²) in [6.07, 6.45) is 2.77. The minimum atomic E-state index is -0.666. The lowest BCUT2D eigenvalue weighted by molar-refractivity contribution is 0.0913. The molecule has 2 heterocycles. The third kappa shape index (κ3) is 1.91. The Balaban J connectivity index is 2.13. The molecule has 0 aromatic carbocycles. The van der Waals surface area contributed by atoms with Crippen LogP contribution in [0.25, 0.3) is 0 Å². The predicted molar refractivity (Wildman–Crippen MR) is 48.1 cm³/mol. The summed E-state index contributed by atoms with van der Waals surface area (Å²) in [4.78, 5) is 3.70. The van der Waals surface area contributed by atoms with Crippen LogP contribution >= 0.6 is 0 Å². The molecule has 4 heteroatoms. The van der Waals surface area contributed by atoms with Gasteiger partial charge in [-0.05, 0) is 12.5 Å². The summed E-state index contributed by atoms with van der Waals surface area (Å²) in [5, 5.41) is 9.86. The fraction of sp³-hybridized carbons (Fsp3) is 0.500. The van der Waals surface area contributed by atoms with E-state index < -0.39 is 11.9 Å². The number of rotatable bonds is 2. The maximum atomic E-state index is 12.8. The van der Waals surface area contributed by atoms with Crippen LogP contribution in [0.1, 0.15) is 18.1 Å². The summed E-state index contributed by atoms with van der Waals surface area (Å²) in [5.74, 6) is -0.348. The molecule has 0 bridgehead atoms. The molecule has 2 atom stereocenters. The van der Waals surface area contributed by atoms with Crippen LogP contribution in [-0.4, -0.2) is 23.3 Å². The number of aliphatic hydroxyl groups is 1. The van der Waals surface area contributed by atoms with Crippen molar-refractivity contribution >= 4 is 0 Å². The molecule has 1 N–H and O–H groups in total. The van der Waals surface area contributed by atoms with Gasteiger partial charge in [0.15, 0.2) is 0 Å². The maximum Gasteiger partial charge on any atom is 0.141 e. The highest BCUT2D eigenvalue weighted by Crippen LogP contribution is 2.28. The third-order valence-electron chi connectivity index (χ3n) is 2.48. The second-order valence-corrected chi connectivity index (χ2v) is 3.50. The summed E-state index contributed by atoms with van der Waals surface area (Å²) in [6.45, 7) is 1.21. The Morgan fingerprint density at radius 2 is 2.43 bits per heavy atom. The van der Waals surface area contributed by atoms with Crippen LogP contribution in [0, 0.1) is 11.7 Å². The molecule has 2 unspecified atom stereocenters. The third-order valence-corrected chi connectivity index (χ3v) is 2.48. The number of hydrogen-bond acceptors (Lipinski definition) is 3. The fourth-order valence-electron chi connectivity index (χ4n) is 1.66. The number of ether oxygens (including phenoxy) is 1. The molecule has 2 rings (SSSR count). The van der Waals surface area contributed by atoms with E-state index in [0.717, 1.165) is 12.6 Å².